The lowest BCUT2D eigenvalue weighted by Crippen LogP contribution is -1.72. The van der Waals surface area contributed by atoms with E-state index >= 15 is 0 Å². The molecule has 0 unspecified atom stereocenters. The summed E-state index contributed by atoms with van der Waals surface area (Å²) in [6.45, 7) is 0. The van der Waals surface area contributed by atoms with E-state index in [0.29, 0.717) is 6.42 Å². The van der Waals surface area contributed by atoms with Crippen LogP contribution < -0.4 is 0 Å². The van der Waals surface area contributed by atoms with Gasteiger partial charge in [0.15, 0.2) is 0 Å². The Bertz CT molecular complexity index is 205. The molecule has 0 spiro atoms. The zero-order chi connectivity index (χ0) is 6.53. The van der Waals surface area contributed by atoms with Gasteiger partial charge in [-0.25, -0.2) is 4.79 Å². The molecular weight excluding hydrogens is 116 g/mol. The van der Waals surface area contributed by atoms with Gasteiger partial charge < -0.3 is 4.42 Å². The smallest absolute Gasteiger partial charge is 0.120 e. The standard InChI is InChI=1S/C7H6O2/c8-5-1-3-7-4-2-6-9-7/h1-2,4,6H,3H2. The Labute approximate surface area is 52.8 Å². The van der Waals surface area contributed by atoms with Crippen LogP contribution in [0.5, 0.6) is 0 Å². The average molecular weight is 122 g/mol. The second-order valence-corrected chi connectivity index (χ2v) is 1.61. The summed E-state index contributed by atoms with van der Waals surface area (Å²) in [7, 11) is 0. The monoisotopic (exact) mass is 122 g/mol. The number of allylic oxidation sites excluding steroid dienone is 1. The maximum Gasteiger partial charge on any atom is 0.120 e. The van der Waals surface area contributed by atoms with Crippen LogP contribution >= 0.6 is 0 Å². The van der Waals surface area contributed by atoms with Gasteiger partial charge in [-0.05, 0) is 12.1 Å². The number of furan rings is 1. The molecule has 0 aliphatic rings. The van der Waals surface area contributed by atoms with Crippen LogP contribution in [0.1, 0.15) is 5.76 Å². The highest BCUT2D eigenvalue weighted by Crippen LogP contribution is 1.99. The van der Waals surface area contributed by atoms with Gasteiger partial charge in [0.05, 0.1) is 6.26 Å². The van der Waals surface area contributed by atoms with Crippen molar-refractivity contribution in [3.63, 3.8) is 0 Å². The van der Waals surface area contributed by atoms with Gasteiger partial charge in [0, 0.05) is 12.5 Å². The van der Waals surface area contributed by atoms with E-state index in [1.54, 1.807) is 18.3 Å². The van der Waals surface area contributed by atoms with Crippen molar-refractivity contribution in [3.8, 4) is 0 Å². The Morgan fingerprint density at radius 3 is 3.22 bits per heavy atom. The molecule has 1 aromatic heterocycles. The largest absolute Gasteiger partial charge is 0.469 e. The van der Waals surface area contributed by atoms with Gasteiger partial charge in [-0.1, -0.05) is 0 Å². The van der Waals surface area contributed by atoms with Crippen molar-refractivity contribution in [2.75, 3.05) is 0 Å². The SMILES string of the molecule is O=C=CCc1ccco1. The zero-order valence-electron chi connectivity index (χ0n) is 4.83. The second kappa shape index (κ2) is 2.90. The van der Waals surface area contributed by atoms with Crippen LogP contribution in [0.2, 0.25) is 0 Å². The maximum absolute atomic E-state index is 9.68. The molecule has 2 nitrogen and oxygen atoms in total. The maximum atomic E-state index is 9.68. The predicted octanol–water partition coefficient (Wildman–Crippen LogP) is 1.21. The Morgan fingerprint density at radius 2 is 2.67 bits per heavy atom. The number of hydrogen-bond donors (Lipinski definition) is 0. The first-order chi connectivity index (χ1) is 4.43. The molecule has 0 aromatic carbocycles. The third-order valence-electron chi connectivity index (χ3n) is 0.967. The molecule has 0 saturated carbocycles. The molecular formula is C7H6O2. The van der Waals surface area contributed by atoms with Crippen molar-refractivity contribution in [1.29, 1.82) is 0 Å². The van der Waals surface area contributed by atoms with E-state index in [4.69, 9.17) is 4.42 Å². The summed E-state index contributed by atoms with van der Waals surface area (Å²) >= 11 is 0. The minimum absolute atomic E-state index is 0.538. The third kappa shape index (κ3) is 1.59. The van der Waals surface area contributed by atoms with Gasteiger partial charge in [0.1, 0.15) is 11.7 Å². The lowest BCUT2D eigenvalue weighted by atomic mass is 10.3. The molecule has 0 N–H and O–H groups in total. The highest BCUT2D eigenvalue weighted by atomic mass is 16.3. The molecule has 0 saturated heterocycles. The first-order valence-corrected chi connectivity index (χ1v) is 2.65. The molecule has 9 heavy (non-hydrogen) atoms. The summed E-state index contributed by atoms with van der Waals surface area (Å²) in [6.07, 6.45) is 3.50. The molecule has 0 aliphatic heterocycles. The van der Waals surface area contributed by atoms with Gasteiger partial charge in [-0.2, -0.15) is 0 Å². The van der Waals surface area contributed by atoms with Crippen LogP contribution in [0.15, 0.2) is 28.9 Å². The summed E-state index contributed by atoms with van der Waals surface area (Å²) in [5.74, 6) is 2.46. The summed E-state index contributed by atoms with van der Waals surface area (Å²) < 4.78 is 4.93. The number of hydrogen-bond acceptors (Lipinski definition) is 2. The first kappa shape index (κ1) is 5.86. The molecule has 1 rings (SSSR count). The highest BCUT2D eigenvalue weighted by Gasteiger charge is 1.88. The highest BCUT2D eigenvalue weighted by molar-refractivity contribution is 5.45. The fourth-order valence-electron chi connectivity index (χ4n) is 0.571. The molecule has 0 aliphatic carbocycles. The Hall–Kier alpha value is -1.27. The average Bonchev–Trinajstić information content (AvgIpc) is 2.34. The Kier molecular flexibility index (Phi) is 1.89. The summed E-state index contributed by atoms with van der Waals surface area (Å²) in [6, 6.07) is 3.60. The minimum atomic E-state index is 0.538. The van der Waals surface area contributed by atoms with Crippen molar-refractivity contribution < 1.29 is 9.21 Å². The van der Waals surface area contributed by atoms with E-state index in [0.717, 1.165) is 5.76 Å². The van der Waals surface area contributed by atoms with Crippen molar-refractivity contribution in [2.24, 2.45) is 0 Å². The third-order valence-corrected chi connectivity index (χ3v) is 0.967. The summed E-state index contributed by atoms with van der Waals surface area (Å²) in [5.41, 5.74) is 0. The van der Waals surface area contributed by atoms with Gasteiger partial charge in [0.25, 0.3) is 0 Å². The fraction of sp³-hybridized carbons (Fsp3) is 0.143. The number of rotatable bonds is 2. The quantitative estimate of drug-likeness (QED) is 0.552. The van der Waals surface area contributed by atoms with Gasteiger partial charge in [-0.3, -0.25) is 0 Å². The molecule has 1 aromatic rings. The Morgan fingerprint density at radius 1 is 1.78 bits per heavy atom. The van der Waals surface area contributed by atoms with Crippen LogP contribution in [0.3, 0.4) is 0 Å². The topological polar surface area (TPSA) is 30.2 Å². The lowest BCUT2D eigenvalue weighted by molar-refractivity contribution is 0.522. The van der Waals surface area contributed by atoms with Crippen LogP contribution in [0.4, 0.5) is 0 Å². The molecule has 0 amide bonds. The van der Waals surface area contributed by atoms with Crippen LogP contribution in [0, 0.1) is 0 Å². The van der Waals surface area contributed by atoms with Crippen LogP contribution in [-0.2, 0) is 11.2 Å². The molecule has 0 radical (unpaired) electrons. The van der Waals surface area contributed by atoms with E-state index in [1.807, 2.05) is 6.07 Å². The van der Waals surface area contributed by atoms with E-state index in [2.05, 4.69) is 0 Å². The molecule has 0 atom stereocenters. The number of carbonyl (C=O) groups excluding carboxylic acids is 1. The normalized spacial score (nSPS) is 8.44. The molecule has 0 bridgehead atoms. The minimum Gasteiger partial charge on any atom is -0.469 e. The van der Waals surface area contributed by atoms with Crippen molar-refractivity contribution in [3.05, 3.63) is 30.2 Å². The molecule has 0 fully saturated rings. The van der Waals surface area contributed by atoms with Crippen molar-refractivity contribution in [1.82, 2.24) is 0 Å². The van der Waals surface area contributed by atoms with E-state index in [-0.39, 0.29) is 0 Å². The fourth-order valence-corrected chi connectivity index (χ4v) is 0.571. The van der Waals surface area contributed by atoms with Crippen molar-refractivity contribution >= 4 is 5.94 Å². The molecule has 2 heteroatoms. The van der Waals surface area contributed by atoms with Gasteiger partial charge >= 0.3 is 0 Å². The van der Waals surface area contributed by atoms with Crippen molar-refractivity contribution in [2.45, 2.75) is 6.42 Å². The molecule has 1 heterocycles. The summed E-state index contributed by atoms with van der Waals surface area (Å²) in [5, 5.41) is 0. The summed E-state index contributed by atoms with van der Waals surface area (Å²) in [4.78, 5) is 9.68. The van der Waals surface area contributed by atoms with Crippen LogP contribution in [-0.4, -0.2) is 5.94 Å². The van der Waals surface area contributed by atoms with Crippen LogP contribution in [0.25, 0.3) is 0 Å². The van der Waals surface area contributed by atoms with Gasteiger partial charge in [0.2, 0.25) is 0 Å². The van der Waals surface area contributed by atoms with E-state index in [1.165, 1.54) is 6.08 Å². The first-order valence-electron chi connectivity index (χ1n) is 2.65. The Balaban J connectivity index is 2.57. The van der Waals surface area contributed by atoms with Gasteiger partial charge in [-0.15, -0.1) is 0 Å². The zero-order valence-corrected chi connectivity index (χ0v) is 4.83. The second-order valence-electron chi connectivity index (χ2n) is 1.61. The van der Waals surface area contributed by atoms with E-state index < -0.39 is 0 Å². The lowest BCUT2D eigenvalue weighted by Gasteiger charge is -1.80. The predicted molar refractivity (Wildman–Crippen MR) is 32.7 cm³/mol. The van der Waals surface area contributed by atoms with E-state index in [9.17, 15) is 4.79 Å². The molecule has 46 valence electrons.